The highest BCUT2D eigenvalue weighted by Gasteiger charge is 2.22. The summed E-state index contributed by atoms with van der Waals surface area (Å²) in [6, 6.07) is 12.4. The van der Waals surface area contributed by atoms with Gasteiger partial charge in [-0.15, -0.1) is 11.3 Å². The summed E-state index contributed by atoms with van der Waals surface area (Å²) in [5, 5.41) is 9.91. The maximum absolute atomic E-state index is 12.6. The van der Waals surface area contributed by atoms with E-state index in [0.717, 1.165) is 14.6 Å². The Morgan fingerprint density at radius 3 is 2.37 bits per heavy atom. The van der Waals surface area contributed by atoms with Gasteiger partial charge in [0.15, 0.2) is 5.11 Å². The fraction of sp³-hybridized carbons (Fsp3) is 0.190. The van der Waals surface area contributed by atoms with E-state index in [2.05, 4.69) is 31.9 Å². The van der Waals surface area contributed by atoms with Gasteiger partial charge in [0.25, 0.3) is 11.8 Å². The molecule has 1 aromatic heterocycles. The van der Waals surface area contributed by atoms with Gasteiger partial charge in [-0.2, -0.15) is 0 Å². The first-order chi connectivity index (χ1) is 14.0. The summed E-state index contributed by atoms with van der Waals surface area (Å²) in [4.78, 5) is 25.4. The fourth-order valence-corrected chi connectivity index (χ4v) is 4.60. The maximum Gasteiger partial charge on any atom is 0.263 e. The number of anilines is 1. The van der Waals surface area contributed by atoms with E-state index in [1.807, 2.05) is 39.0 Å². The van der Waals surface area contributed by atoms with Crippen molar-refractivity contribution in [2.45, 2.75) is 26.3 Å². The monoisotopic (exact) mass is 523 g/mol. The third-order valence-corrected chi connectivity index (χ3v) is 6.41. The quantitative estimate of drug-likeness (QED) is 0.369. The van der Waals surface area contributed by atoms with E-state index >= 15 is 0 Å². The van der Waals surface area contributed by atoms with Crippen LogP contribution in [0.3, 0.4) is 0 Å². The largest absolute Gasteiger partial charge is 0.347 e. The normalized spacial score (nSPS) is 11.2. The number of amides is 2. The summed E-state index contributed by atoms with van der Waals surface area (Å²) >= 11 is 16.4. The van der Waals surface area contributed by atoms with Crippen LogP contribution < -0.4 is 16.0 Å². The predicted molar refractivity (Wildman–Crippen MR) is 132 cm³/mol. The third-order valence-electron chi connectivity index (χ3n) is 3.93. The molecule has 0 saturated heterocycles. The Morgan fingerprint density at radius 1 is 1.07 bits per heavy atom. The van der Waals surface area contributed by atoms with Gasteiger partial charge in [0, 0.05) is 21.0 Å². The van der Waals surface area contributed by atoms with Crippen molar-refractivity contribution in [2.24, 2.45) is 0 Å². The predicted octanol–water partition coefficient (Wildman–Crippen LogP) is 5.97. The Kier molecular flexibility index (Phi) is 6.81. The van der Waals surface area contributed by atoms with Crippen molar-refractivity contribution in [1.29, 1.82) is 0 Å². The highest BCUT2D eigenvalue weighted by Crippen LogP contribution is 2.39. The van der Waals surface area contributed by atoms with Crippen LogP contribution in [0.2, 0.25) is 5.02 Å². The van der Waals surface area contributed by atoms with Crippen LogP contribution in [0.5, 0.6) is 0 Å². The molecule has 0 saturated carbocycles. The summed E-state index contributed by atoms with van der Waals surface area (Å²) in [6.45, 7) is 5.73. The summed E-state index contributed by atoms with van der Waals surface area (Å²) < 4.78 is 1.66. The number of carbonyl (C=O) groups excluding carboxylic acids is 2. The molecule has 2 amide bonds. The highest BCUT2D eigenvalue weighted by atomic mass is 79.9. The fourth-order valence-electron chi connectivity index (χ4n) is 2.66. The first kappa shape index (κ1) is 22.7. The van der Waals surface area contributed by atoms with Crippen molar-refractivity contribution in [1.82, 2.24) is 10.6 Å². The minimum atomic E-state index is -0.378. The first-order valence-corrected chi connectivity index (χ1v) is 11.4. The van der Waals surface area contributed by atoms with E-state index in [-0.39, 0.29) is 22.5 Å². The van der Waals surface area contributed by atoms with E-state index in [9.17, 15) is 9.59 Å². The molecule has 0 aliphatic carbocycles. The van der Waals surface area contributed by atoms with Gasteiger partial charge < -0.3 is 10.6 Å². The van der Waals surface area contributed by atoms with Gasteiger partial charge in [0.1, 0.15) is 4.88 Å². The van der Waals surface area contributed by atoms with Crippen LogP contribution >= 0.6 is 51.1 Å². The molecular weight excluding hydrogens is 506 g/mol. The van der Waals surface area contributed by atoms with Crippen LogP contribution in [0.1, 0.15) is 40.8 Å². The van der Waals surface area contributed by atoms with Gasteiger partial charge in [-0.3, -0.25) is 14.9 Å². The van der Waals surface area contributed by atoms with Crippen molar-refractivity contribution >= 4 is 83.8 Å². The second-order valence-electron chi connectivity index (χ2n) is 7.55. The van der Waals surface area contributed by atoms with Gasteiger partial charge in [-0.1, -0.05) is 39.7 Å². The maximum atomic E-state index is 12.6. The molecule has 1 heterocycles. The number of hydrogen-bond acceptors (Lipinski definition) is 4. The lowest BCUT2D eigenvalue weighted by Gasteiger charge is -2.19. The molecule has 2 aromatic carbocycles. The molecule has 3 aromatic rings. The average molecular weight is 525 g/mol. The number of thiophene rings is 1. The Bertz CT molecular complexity index is 1140. The smallest absolute Gasteiger partial charge is 0.263 e. The molecule has 9 heteroatoms. The van der Waals surface area contributed by atoms with Gasteiger partial charge in [-0.05, 0) is 63.3 Å². The summed E-state index contributed by atoms with van der Waals surface area (Å²) in [5.74, 6) is -0.549. The number of thiocarbonyl (C=S) groups is 1. The van der Waals surface area contributed by atoms with Crippen LogP contribution in [0.25, 0.3) is 10.1 Å². The van der Waals surface area contributed by atoms with E-state index < -0.39 is 0 Å². The van der Waals surface area contributed by atoms with Crippen LogP contribution in [0, 0.1) is 0 Å². The summed E-state index contributed by atoms with van der Waals surface area (Å²) in [6.07, 6.45) is 0. The standard InChI is InChI=1S/C21H19BrClN3O2S2/c1-21(2,3)26-19(28)17-15(23)13-5-4-6-14(16(13)30-17)24-20(29)25-18(27)11-7-9-12(22)10-8-11/h4-10H,1-3H3,(H,26,28)(H2,24,25,27,29). The van der Waals surface area contributed by atoms with E-state index in [0.29, 0.717) is 21.2 Å². The molecule has 0 spiro atoms. The molecule has 3 N–H and O–H groups in total. The number of nitrogens with one attached hydrogen (secondary N) is 3. The lowest BCUT2D eigenvalue weighted by molar-refractivity contribution is 0.0922. The van der Waals surface area contributed by atoms with Gasteiger partial charge in [-0.25, -0.2) is 0 Å². The third kappa shape index (κ3) is 5.37. The summed E-state index contributed by atoms with van der Waals surface area (Å²) in [5.41, 5.74) is 0.771. The molecule has 3 rings (SSSR count). The van der Waals surface area contributed by atoms with Crippen LogP contribution in [0.4, 0.5) is 5.69 Å². The molecule has 156 valence electrons. The molecule has 30 heavy (non-hydrogen) atoms. The average Bonchev–Trinajstić information content (AvgIpc) is 2.99. The number of fused-ring (bicyclic) bond motifs is 1. The molecule has 5 nitrogen and oxygen atoms in total. The SMILES string of the molecule is CC(C)(C)NC(=O)c1sc2c(NC(=S)NC(=O)c3ccc(Br)cc3)cccc2c1Cl. The molecule has 0 aliphatic rings. The van der Waals surface area contributed by atoms with Crippen LogP contribution in [0.15, 0.2) is 46.9 Å². The number of hydrogen-bond donors (Lipinski definition) is 3. The summed E-state index contributed by atoms with van der Waals surface area (Å²) in [7, 11) is 0. The molecular formula is C21H19BrClN3O2S2. The van der Waals surface area contributed by atoms with E-state index in [4.69, 9.17) is 23.8 Å². The Balaban J connectivity index is 1.81. The number of carbonyl (C=O) groups is 2. The van der Waals surface area contributed by atoms with Crippen molar-refractivity contribution < 1.29 is 9.59 Å². The molecule has 0 bridgehead atoms. The van der Waals surface area contributed by atoms with Gasteiger partial charge >= 0.3 is 0 Å². The van der Waals surface area contributed by atoms with Crippen molar-refractivity contribution in [3.05, 3.63) is 62.4 Å². The topological polar surface area (TPSA) is 70.2 Å². The minimum Gasteiger partial charge on any atom is -0.347 e. The Morgan fingerprint density at radius 2 is 1.73 bits per heavy atom. The van der Waals surface area contributed by atoms with E-state index in [1.54, 1.807) is 24.3 Å². The molecule has 0 unspecified atom stereocenters. The van der Waals surface area contributed by atoms with E-state index in [1.165, 1.54) is 11.3 Å². The molecule has 0 fully saturated rings. The first-order valence-electron chi connectivity index (χ1n) is 8.96. The zero-order valence-corrected chi connectivity index (χ0v) is 20.4. The zero-order valence-electron chi connectivity index (χ0n) is 16.4. The lowest BCUT2D eigenvalue weighted by Crippen LogP contribution is -2.40. The minimum absolute atomic E-state index is 0.153. The van der Waals surface area contributed by atoms with Crippen molar-refractivity contribution in [3.63, 3.8) is 0 Å². The van der Waals surface area contributed by atoms with Crippen LogP contribution in [-0.2, 0) is 0 Å². The van der Waals surface area contributed by atoms with Gasteiger partial charge in [0.05, 0.1) is 15.4 Å². The van der Waals surface area contributed by atoms with Crippen LogP contribution in [-0.4, -0.2) is 22.5 Å². The number of benzene rings is 2. The van der Waals surface area contributed by atoms with Crippen molar-refractivity contribution in [3.8, 4) is 0 Å². The Labute approximate surface area is 197 Å². The number of rotatable bonds is 3. The lowest BCUT2D eigenvalue weighted by atomic mass is 10.1. The molecule has 0 atom stereocenters. The van der Waals surface area contributed by atoms with Gasteiger partial charge in [0.2, 0.25) is 0 Å². The highest BCUT2D eigenvalue weighted by molar-refractivity contribution is 9.10. The second-order valence-corrected chi connectivity index (χ2v) is 10.3. The van der Waals surface area contributed by atoms with Crippen molar-refractivity contribution in [2.75, 3.05) is 5.32 Å². The molecule has 0 radical (unpaired) electrons. The Hall–Kier alpha value is -2.00. The zero-order chi connectivity index (χ0) is 22.1. The number of halogens is 2. The molecule has 0 aliphatic heterocycles. The second kappa shape index (κ2) is 9.01.